The zero-order valence-corrected chi connectivity index (χ0v) is 8.97. The Hall–Kier alpha value is -2.09. The average Bonchev–Trinajstić information content (AvgIpc) is 2.38. The molecule has 0 saturated heterocycles. The van der Waals surface area contributed by atoms with Crippen molar-refractivity contribution in [3.63, 3.8) is 0 Å². The van der Waals surface area contributed by atoms with Gasteiger partial charge in [-0.2, -0.15) is 0 Å². The number of hydrogen-bond donors (Lipinski definition) is 0. The molecule has 0 aliphatic heterocycles. The van der Waals surface area contributed by atoms with E-state index in [-0.39, 0.29) is 0 Å². The maximum Gasteiger partial charge on any atom is 0.213 e. The second-order valence-electron chi connectivity index (χ2n) is 3.41. The molecule has 0 radical (unpaired) electrons. The summed E-state index contributed by atoms with van der Waals surface area (Å²) in [6, 6.07) is 13.8. The summed E-state index contributed by atoms with van der Waals surface area (Å²) in [5.74, 6) is 0.634. The van der Waals surface area contributed by atoms with E-state index in [0.717, 1.165) is 11.1 Å². The minimum atomic E-state index is 0.543. The quantitative estimate of drug-likeness (QED) is 0.774. The van der Waals surface area contributed by atoms with Crippen molar-refractivity contribution in [3.05, 3.63) is 66.4 Å². The zero-order chi connectivity index (χ0) is 11.2. The first kappa shape index (κ1) is 10.4. The molecule has 0 aliphatic carbocycles. The second-order valence-corrected chi connectivity index (χ2v) is 3.41. The minimum absolute atomic E-state index is 0.543. The normalized spacial score (nSPS) is 9.75. The van der Waals surface area contributed by atoms with Gasteiger partial charge in [-0.05, 0) is 17.2 Å². The van der Waals surface area contributed by atoms with Crippen LogP contribution >= 0.6 is 0 Å². The molecule has 0 fully saturated rings. The highest BCUT2D eigenvalue weighted by atomic mass is 16.5. The fraction of sp³-hybridized carbons (Fsp3) is 0.0714. The van der Waals surface area contributed by atoms with Crippen LogP contribution in [0.2, 0.25) is 0 Å². The summed E-state index contributed by atoms with van der Waals surface area (Å²) >= 11 is 0. The van der Waals surface area contributed by atoms with Crippen molar-refractivity contribution in [2.45, 2.75) is 6.61 Å². The topological polar surface area (TPSA) is 22.1 Å². The van der Waals surface area contributed by atoms with Crippen LogP contribution in [-0.2, 0) is 6.61 Å². The lowest BCUT2D eigenvalue weighted by Gasteiger charge is -2.04. The van der Waals surface area contributed by atoms with Gasteiger partial charge in [0.05, 0.1) is 0 Å². The van der Waals surface area contributed by atoms with Gasteiger partial charge in [0.25, 0.3) is 0 Å². The highest BCUT2D eigenvalue weighted by molar-refractivity contribution is 5.45. The third-order valence-corrected chi connectivity index (χ3v) is 2.22. The Kier molecular flexibility index (Phi) is 3.34. The van der Waals surface area contributed by atoms with E-state index in [4.69, 9.17) is 4.74 Å². The molecule has 0 amide bonds. The van der Waals surface area contributed by atoms with Gasteiger partial charge in [-0.1, -0.05) is 43.0 Å². The van der Waals surface area contributed by atoms with Crippen LogP contribution in [0.25, 0.3) is 6.08 Å². The van der Waals surface area contributed by atoms with Gasteiger partial charge < -0.3 is 4.74 Å². The van der Waals surface area contributed by atoms with Crippen molar-refractivity contribution in [1.29, 1.82) is 0 Å². The van der Waals surface area contributed by atoms with E-state index in [2.05, 4.69) is 11.6 Å². The van der Waals surface area contributed by atoms with E-state index in [1.807, 2.05) is 42.5 Å². The molecule has 2 rings (SSSR count). The Balaban J connectivity index is 1.97. The number of pyridine rings is 1. The van der Waals surface area contributed by atoms with E-state index >= 15 is 0 Å². The van der Waals surface area contributed by atoms with Gasteiger partial charge in [-0.15, -0.1) is 0 Å². The number of rotatable bonds is 4. The van der Waals surface area contributed by atoms with Crippen LogP contribution in [0.5, 0.6) is 5.88 Å². The minimum Gasteiger partial charge on any atom is -0.473 e. The average molecular weight is 211 g/mol. The Labute approximate surface area is 95.2 Å². The predicted octanol–water partition coefficient (Wildman–Crippen LogP) is 3.30. The number of hydrogen-bond acceptors (Lipinski definition) is 2. The smallest absolute Gasteiger partial charge is 0.213 e. The van der Waals surface area contributed by atoms with Gasteiger partial charge in [0.15, 0.2) is 0 Å². The van der Waals surface area contributed by atoms with Gasteiger partial charge in [0.1, 0.15) is 6.61 Å². The molecule has 0 unspecified atom stereocenters. The summed E-state index contributed by atoms with van der Waals surface area (Å²) in [5.41, 5.74) is 2.13. The Morgan fingerprint density at radius 3 is 2.56 bits per heavy atom. The molecule has 1 heterocycles. The van der Waals surface area contributed by atoms with Gasteiger partial charge in [-0.3, -0.25) is 0 Å². The van der Waals surface area contributed by atoms with Gasteiger partial charge in [0, 0.05) is 12.3 Å². The molecular formula is C14H13NO. The van der Waals surface area contributed by atoms with Crippen LogP contribution in [-0.4, -0.2) is 4.98 Å². The van der Waals surface area contributed by atoms with E-state index in [0.29, 0.717) is 12.5 Å². The molecule has 2 aromatic rings. The summed E-state index contributed by atoms with van der Waals surface area (Å²) in [5, 5.41) is 0. The van der Waals surface area contributed by atoms with Gasteiger partial charge >= 0.3 is 0 Å². The summed E-state index contributed by atoms with van der Waals surface area (Å²) in [7, 11) is 0. The molecule has 80 valence electrons. The fourth-order valence-electron chi connectivity index (χ4n) is 1.33. The van der Waals surface area contributed by atoms with Crippen molar-refractivity contribution in [1.82, 2.24) is 4.98 Å². The second kappa shape index (κ2) is 5.12. The summed E-state index contributed by atoms with van der Waals surface area (Å²) in [6.07, 6.45) is 3.50. The van der Waals surface area contributed by atoms with Crippen LogP contribution in [0.15, 0.2) is 55.2 Å². The van der Waals surface area contributed by atoms with Crippen molar-refractivity contribution in [2.75, 3.05) is 0 Å². The Bertz CT molecular complexity index is 448. The molecule has 0 atom stereocenters. The molecule has 2 nitrogen and oxygen atoms in total. The number of nitrogens with zero attached hydrogens (tertiary/aromatic N) is 1. The van der Waals surface area contributed by atoms with Crippen LogP contribution in [0.3, 0.4) is 0 Å². The Morgan fingerprint density at radius 1 is 1.12 bits per heavy atom. The molecule has 1 aromatic carbocycles. The van der Waals surface area contributed by atoms with Gasteiger partial charge in [0.2, 0.25) is 5.88 Å². The van der Waals surface area contributed by atoms with Crippen molar-refractivity contribution >= 4 is 6.08 Å². The maximum atomic E-state index is 5.55. The van der Waals surface area contributed by atoms with Crippen LogP contribution in [0.4, 0.5) is 0 Å². The summed E-state index contributed by atoms with van der Waals surface area (Å²) in [6.45, 7) is 4.22. The number of benzene rings is 1. The van der Waals surface area contributed by atoms with Crippen LogP contribution < -0.4 is 4.74 Å². The molecule has 0 saturated carbocycles. The first-order valence-electron chi connectivity index (χ1n) is 5.14. The molecule has 1 aromatic heterocycles. The van der Waals surface area contributed by atoms with Crippen LogP contribution in [0, 0.1) is 0 Å². The highest BCUT2D eigenvalue weighted by Gasteiger charge is 1.96. The first-order chi connectivity index (χ1) is 7.88. The van der Waals surface area contributed by atoms with Gasteiger partial charge in [-0.25, -0.2) is 4.98 Å². The predicted molar refractivity (Wildman–Crippen MR) is 65.1 cm³/mol. The maximum absolute atomic E-state index is 5.55. The molecule has 0 bridgehead atoms. The first-order valence-corrected chi connectivity index (χ1v) is 5.14. The van der Waals surface area contributed by atoms with E-state index in [1.165, 1.54) is 0 Å². The molecule has 0 spiro atoms. The molecule has 2 heteroatoms. The fourth-order valence-corrected chi connectivity index (χ4v) is 1.33. The number of ether oxygens (including phenoxy) is 1. The molecular weight excluding hydrogens is 198 g/mol. The van der Waals surface area contributed by atoms with E-state index in [1.54, 1.807) is 12.3 Å². The van der Waals surface area contributed by atoms with Crippen molar-refractivity contribution < 1.29 is 4.74 Å². The third-order valence-electron chi connectivity index (χ3n) is 2.22. The number of aromatic nitrogens is 1. The summed E-state index contributed by atoms with van der Waals surface area (Å²) in [4.78, 5) is 4.17. The largest absolute Gasteiger partial charge is 0.473 e. The summed E-state index contributed by atoms with van der Waals surface area (Å²) < 4.78 is 5.55. The van der Waals surface area contributed by atoms with E-state index < -0.39 is 0 Å². The lowest BCUT2D eigenvalue weighted by Crippen LogP contribution is -1.96. The van der Waals surface area contributed by atoms with Crippen molar-refractivity contribution in [2.24, 2.45) is 0 Å². The molecule has 16 heavy (non-hydrogen) atoms. The monoisotopic (exact) mass is 211 g/mol. The Morgan fingerprint density at radius 2 is 1.94 bits per heavy atom. The molecule has 0 N–H and O–H groups in total. The standard InChI is InChI=1S/C14H13NO/c1-2-12-8-9-14(15-10-12)16-11-13-6-4-3-5-7-13/h2-10H,1,11H2. The van der Waals surface area contributed by atoms with Crippen LogP contribution in [0.1, 0.15) is 11.1 Å². The highest BCUT2D eigenvalue weighted by Crippen LogP contribution is 2.10. The molecule has 0 aliphatic rings. The third kappa shape index (κ3) is 2.70. The lowest BCUT2D eigenvalue weighted by atomic mass is 10.2. The van der Waals surface area contributed by atoms with E-state index in [9.17, 15) is 0 Å². The van der Waals surface area contributed by atoms with Crippen molar-refractivity contribution in [3.8, 4) is 5.88 Å². The SMILES string of the molecule is C=Cc1ccc(OCc2ccccc2)nc1. The zero-order valence-electron chi connectivity index (χ0n) is 8.97. The lowest BCUT2D eigenvalue weighted by molar-refractivity contribution is 0.294.